The number of halogens is 4. The number of sulfone groups is 1. The van der Waals surface area contributed by atoms with Gasteiger partial charge in [0.2, 0.25) is 0 Å². The molecule has 1 heterocycles. The summed E-state index contributed by atoms with van der Waals surface area (Å²) < 4.78 is 70.9. The first kappa shape index (κ1) is 12.4. The molecule has 0 atom stereocenters. The van der Waals surface area contributed by atoms with Crippen LogP contribution in [0.15, 0.2) is 10.3 Å². The Hall–Kier alpha value is -0.630. The Bertz CT molecular complexity index is 458. The van der Waals surface area contributed by atoms with E-state index in [1.54, 1.807) is 0 Å². The Kier molecular flexibility index (Phi) is 3.11. The molecule has 0 radical (unpaired) electrons. The highest BCUT2D eigenvalue weighted by Crippen LogP contribution is 2.37. The van der Waals surface area contributed by atoms with Crippen molar-refractivity contribution >= 4 is 21.2 Å². The van der Waals surface area contributed by atoms with Gasteiger partial charge in [0.05, 0.1) is 5.75 Å². The van der Waals surface area contributed by atoms with E-state index in [1.807, 2.05) is 0 Å². The molecule has 0 aliphatic heterocycles. The van der Waals surface area contributed by atoms with Crippen molar-refractivity contribution in [1.82, 2.24) is 0 Å². The molecule has 1 aromatic rings. The zero-order valence-electron chi connectivity index (χ0n) is 7.43. The van der Waals surface area contributed by atoms with Crippen LogP contribution in [0.1, 0.15) is 12.5 Å². The highest BCUT2D eigenvalue weighted by Gasteiger charge is 2.37. The number of hydrogen-bond donors (Lipinski definition) is 0. The fraction of sp³-hybridized carbons (Fsp3) is 0.429. The lowest BCUT2D eigenvalue weighted by atomic mass is 10.3. The maximum absolute atomic E-state index is 12.8. The summed E-state index contributed by atoms with van der Waals surface area (Å²) in [7, 11) is -3.78. The first-order chi connectivity index (χ1) is 6.68. The van der Waals surface area contributed by atoms with Crippen molar-refractivity contribution in [1.29, 1.82) is 0 Å². The van der Waals surface area contributed by atoms with E-state index < -0.39 is 30.9 Å². The van der Waals surface area contributed by atoms with E-state index in [9.17, 15) is 26.0 Å². The Labute approximate surface area is 87.5 Å². The zero-order valence-corrected chi connectivity index (χ0v) is 9.06. The summed E-state index contributed by atoms with van der Waals surface area (Å²) in [5, 5.41) is -1.52. The van der Waals surface area contributed by atoms with E-state index >= 15 is 0 Å². The highest BCUT2D eigenvalue weighted by molar-refractivity contribution is 7.93. The predicted octanol–water partition coefficient (Wildman–Crippen LogP) is 2.70. The van der Waals surface area contributed by atoms with Crippen molar-refractivity contribution < 1.29 is 26.0 Å². The van der Waals surface area contributed by atoms with E-state index in [4.69, 9.17) is 0 Å². The molecule has 8 heteroatoms. The number of alkyl halides is 3. The Morgan fingerprint density at radius 1 is 1.40 bits per heavy atom. The van der Waals surface area contributed by atoms with Crippen molar-refractivity contribution in [3.8, 4) is 0 Å². The molecule has 1 rings (SSSR count). The van der Waals surface area contributed by atoms with Gasteiger partial charge in [0.15, 0.2) is 15.0 Å². The topological polar surface area (TPSA) is 34.1 Å². The normalized spacial score (nSPS) is 13.1. The molecule has 0 bridgehead atoms. The lowest BCUT2D eigenvalue weighted by Gasteiger charge is -2.01. The molecule has 0 spiro atoms. The van der Waals surface area contributed by atoms with Crippen LogP contribution in [0.3, 0.4) is 0 Å². The second-order valence-electron chi connectivity index (χ2n) is 2.65. The first-order valence-corrected chi connectivity index (χ1v) is 6.24. The molecule has 0 saturated heterocycles. The van der Waals surface area contributed by atoms with E-state index in [0.29, 0.717) is 6.07 Å². The minimum Gasteiger partial charge on any atom is -0.223 e. The first-order valence-electron chi connectivity index (χ1n) is 3.77. The molecule has 0 amide bonds. The van der Waals surface area contributed by atoms with Crippen LogP contribution in [0.5, 0.6) is 0 Å². The van der Waals surface area contributed by atoms with Crippen LogP contribution in [0.25, 0.3) is 0 Å². The van der Waals surface area contributed by atoms with Crippen LogP contribution in [0, 0.1) is 5.13 Å². The van der Waals surface area contributed by atoms with Gasteiger partial charge in [-0.2, -0.15) is 17.6 Å². The lowest BCUT2D eigenvalue weighted by Crippen LogP contribution is -2.05. The second-order valence-corrected chi connectivity index (χ2v) is 6.16. The summed E-state index contributed by atoms with van der Waals surface area (Å²) in [6.07, 6.45) is -4.86. The molecule has 15 heavy (non-hydrogen) atoms. The smallest absolute Gasteiger partial charge is 0.223 e. The SMILES string of the molecule is CCS(=O)(=O)c1cc(C(F)(F)F)c(F)s1. The predicted molar refractivity (Wildman–Crippen MR) is 47.0 cm³/mol. The molecular formula is C7H6F4O2S2. The summed E-state index contributed by atoms with van der Waals surface area (Å²) in [5.41, 5.74) is -1.53. The van der Waals surface area contributed by atoms with Crippen LogP contribution in [0.2, 0.25) is 0 Å². The molecule has 0 N–H and O–H groups in total. The van der Waals surface area contributed by atoms with E-state index in [-0.39, 0.29) is 17.1 Å². The highest BCUT2D eigenvalue weighted by atomic mass is 32.2. The van der Waals surface area contributed by atoms with Crippen LogP contribution >= 0.6 is 11.3 Å². The van der Waals surface area contributed by atoms with Gasteiger partial charge in [0.1, 0.15) is 9.77 Å². The van der Waals surface area contributed by atoms with E-state index in [0.717, 1.165) is 0 Å². The lowest BCUT2D eigenvalue weighted by molar-refractivity contribution is -0.139. The van der Waals surface area contributed by atoms with Gasteiger partial charge < -0.3 is 0 Å². The van der Waals surface area contributed by atoms with Crippen LogP contribution < -0.4 is 0 Å². The Balaban J connectivity index is 3.30. The molecule has 86 valence electrons. The maximum Gasteiger partial charge on any atom is 0.420 e. The zero-order chi connectivity index (χ0) is 11.9. The van der Waals surface area contributed by atoms with E-state index in [2.05, 4.69) is 0 Å². The van der Waals surface area contributed by atoms with E-state index in [1.165, 1.54) is 6.92 Å². The summed E-state index contributed by atoms with van der Waals surface area (Å²) in [6.45, 7) is 1.28. The summed E-state index contributed by atoms with van der Waals surface area (Å²) >= 11 is -0.00188. The van der Waals surface area contributed by atoms with Gasteiger partial charge in [0, 0.05) is 0 Å². The van der Waals surface area contributed by atoms with Crippen LogP contribution in [-0.2, 0) is 16.0 Å². The minimum atomic E-state index is -4.86. The quantitative estimate of drug-likeness (QED) is 0.768. The average molecular weight is 262 g/mol. The fourth-order valence-electron chi connectivity index (χ4n) is 0.836. The third kappa shape index (κ3) is 2.49. The standard InChI is InChI=1S/C7H6F4O2S2/c1-2-15(12,13)5-3-4(6(8)14-5)7(9,10)11/h3H,2H2,1H3. The average Bonchev–Trinajstić information content (AvgIpc) is 2.47. The summed E-state index contributed by atoms with van der Waals surface area (Å²) in [4.78, 5) is 0. The minimum absolute atomic E-state index is 0.00188. The monoisotopic (exact) mass is 262 g/mol. The molecular weight excluding hydrogens is 256 g/mol. The van der Waals surface area contributed by atoms with Gasteiger partial charge in [-0.25, -0.2) is 8.42 Å². The third-order valence-corrected chi connectivity index (χ3v) is 4.88. The number of hydrogen-bond acceptors (Lipinski definition) is 3. The fourth-order valence-corrected chi connectivity index (χ4v) is 3.14. The molecule has 0 aliphatic carbocycles. The molecule has 1 aromatic heterocycles. The van der Waals surface area contributed by atoms with Gasteiger partial charge in [-0.3, -0.25) is 0 Å². The summed E-state index contributed by atoms with van der Waals surface area (Å²) in [6, 6.07) is 0.332. The van der Waals surface area contributed by atoms with Crippen LogP contribution in [-0.4, -0.2) is 14.2 Å². The molecule has 0 fully saturated rings. The van der Waals surface area contributed by atoms with Crippen molar-refractivity contribution in [2.75, 3.05) is 5.75 Å². The summed E-state index contributed by atoms with van der Waals surface area (Å²) in [5.74, 6) is -0.357. The van der Waals surface area contributed by atoms with Gasteiger partial charge in [-0.1, -0.05) is 18.3 Å². The number of rotatable bonds is 2. The Morgan fingerprint density at radius 2 is 1.93 bits per heavy atom. The molecule has 0 unspecified atom stereocenters. The third-order valence-electron chi connectivity index (χ3n) is 1.66. The van der Waals surface area contributed by atoms with Gasteiger partial charge in [-0.15, -0.1) is 0 Å². The maximum atomic E-state index is 12.8. The molecule has 0 aromatic carbocycles. The second kappa shape index (κ2) is 3.75. The van der Waals surface area contributed by atoms with Crippen molar-refractivity contribution in [2.24, 2.45) is 0 Å². The van der Waals surface area contributed by atoms with Gasteiger partial charge in [-0.05, 0) is 6.07 Å². The van der Waals surface area contributed by atoms with Gasteiger partial charge >= 0.3 is 6.18 Å². The molecule has 0 aliphatic rings. The van der Waals surface area contributed by atoms with Gasteiger partial charge in [0.25, 0.3) is 0 Å². The Morgan fingerprint density at radius 3 is 2.27 bits per heavy atom. The largest absolute Gasteiger partial charge is 0.420 e. The van der Waals surface area contributed by atoms with Crippen molar-refractivity contribution in [3.63, 3.8) is 0 Å². The van der Waals surface area contributed by atoms with Crippen molar-refractivity contribution in [2.45, 2.75) is 17.3 Å². The molecule has 2 nitrogen and oxygen atoms in total. The number of thiophene rings is 1. The van der Waals surface area contributed by atoms with Crippen LogP contribution in [0.4, 0.5) is 17.6 Å². The molecule has 0 saturated carbocycles. The van der Waals surface area contributed by atoms with Crippen molar-refractivity contribution in [3.05, 3.63) is 16.8 Å².